The van der Waals surface area contributed by atoms with Crippen molar-refractivity contribution in [2.75, 3.05) is 13.2 Å². The number of aliphatic hydroxyl groups excluding tert-OH is 1. The summed E-state index contributed by atoms with van der Waals surface area (Å²) in [7, 11) is 0. The second kappa shape index (κ2) is 5.82. The van der Waals surface area contributed by atoms with Gasteiger partial charge in [-0.15, -0.1) is 0 Å². The number of aliphatic hydroxyl groups is 1. The highest BCUT2D eigenvalue weighted by Crippen LogP contribution is 2.24. The van der Waals surface area contributed by atoms with Crippen LogP contribution in [0.3, 0.4) is 0 Å². The molecule has 2 aromatic rings. The molecule has 0 spiro atoms. The Morgan fingerprint density at radius 3 is 3.00 bits per heavy atom. The molecule has 1 aromatic heterocycles. The molecule has 1 amide bonds. The molecular formula is C17H20N2O2. The van der Waals surface area contributed by atoms with Crippen LogP contribution in [0.15, 0.2) is 30.3 Å². The Hall–Kier alpha value is -1.94. The Bertz CT molecular complexity index is 669. The number of carbonyl (C=O) groups excluding carboxylic acids is 1. The van der Waals surface area contributed by atoms with Gasteiger partial charge in [0.1, 0.15) is 0 Å². The van der Waals surface area contributed by atoms with Crippen LogP contribution in [0.1, 0.15) is 35.3 Å². The van der Waals surface area contributed by atoms with Crippen molar-refractivity contribution in [2.24, 2.45) is 0 Å². The largest absolute Gasteiger partial charge is 0.394 e. The Morgan fingerprint density at radius 1 is 1.38 bits per heavy atom. The number of likely N-dealkylation sites (tertiary alicyclic amines) is 1. The van der Waals surface area contributed by atoms with Gasteiger partial charge >= 0.3 is 0 Å². The maximum absolute atomic E-state index is 12.9. The van der Waals surface area contributed by atoms with E-state index < -0.39 is 0 Å². The van der Waals surface area contributed by atoms with E-state index >= 15 is 0 Å². The van der Waals surface area contributed by atoms with Gasteiger partial charge in [0.25, 0.3) is 5.91 Å². The van der Waals surface area contributed by atoms with E-state index in [1.165, 1.54) is 0 Å². The van der Waals surface area contributed by atoms with Crippen LogP contribution in [0.2, 0.25) is 0 Å². The second-order valence-electron chi connectivity index (χ2n) is 5.66. The number of amides is 1. The third-order valence-corrected chi connectivity index (χ3v) is 4.17. The van der Waals surface area contributed by atoms with E-state index in [0.29, 0.717) is 5.56 Å². The molecule has 1 atom stereocenters. The molecule has 0 aliphatic carbocycles. The average molecular weight is 284 g/mol. The molecule has 0 radical (unpaired) electrons. The standard InChI is InChI=1S/C17H20N2O2/c1-12-10-15(14-7-2-3-8-16(14)18-12)17(21)19-9-5-4-6-13(19)11-20/h2-3,7-8,10,13,20H,4-6,9,11H2,1H3. The Kier molecular flexibility index (Phi) is 3.88. The summed E-state index contributed by atoms with van der Waals surface area (Å²) < 4.78 is 0. The normalized spacial score (nSPS) is 19.0. The van der Waals surface area contributed by atoms with Crippen LogP contribution < -0.4 is 0 Å². The fourth-order valence-corrected chi connectivity index (χ4v) is 3.10. The smallest absolute Gasteiger partial charge is 0.254 e. The van der Waals surface area contributed by atoms with E-state index in [-0.39, 0.29) is 18.6 Å². The van der Waals surface area contributed by atoms with Crippen molar-refractivity contribution in [1.82, 2.24) is 9.88 Å². The SMILES string of the molecule is Cc1cc(C(=O)N2CCCCC2CO)c2ccccc2n1. The van der Waals surface area contributed by atoms with Crippen molar-refractivity contribution in [3.8, 4) is 0 Å². The summed E-state index contributed by atoms with van der Waals surface area (Å²) in [5, 5.41) is 10.4. The van der Waals surface area contributed by atoms with E-state index in [4.69, 9.17) is 0 Å². The number of rotatable bonds is 2. The zero-order valence-electron chi connectivity index (χ0n) is 12.2. The first kappa shape index (κ1) is 14.0. The molecule has 110 valence electrons. The summed E-state index contributed by atoms with van der Waals surface area (Å²) in [4.78, 5) is 19.2. The summed E-state index contributed by atoms with van der Waals surface area (Å²) in [6.45, 7) is 2.66. The second-order valence-corrected chi connectivity index (χ2v) is 5.66. The number of aromatic nitrogens is 1. The minimum Gasteiger partial charge on any atom is -0.394 e. The number of pyridine rings is 1. The van der Waals surface area contributed by atoms with Gasteiger partial charge in [0.2, 0.25) is 0 Å². The number of benzene rings is 1. The lowest BCUT2D eigenvalue weighted by molar-refractivity contribution is 0.0505. The fourth-order valence-electron chi connectivity index (χ4n) is 3.10. The van der Waals surface area contributed by atoms with Crippen molar-refractivity contribution in [1.29, 1.82) is 0 Å². The molecule has 1 N–H and O–H groups in total. The predicted octanol–water partition coefficient (Wildman–Crippen LogP) is 2.53. The molecule has 0 bridgehead atoms. The molecule has 2 heterocycles. The molecule has 0 saturated carbocycles. The highest BCUT2D eigenvalue weighted by molar-refractivity contribution is 6.06. The molecule has 1 aliphatic rings. The lowest BCUT2D eigenvalue weighted by Gasteiger charge is -2.35. The van der Waals surface area contributed by atoms with Crippen LogP contribution in [0.25, 0.3) is 10.9 Å². The maximum Gasteiger partial charge on any atom is 0.254 e. The zero-order valence-corrected chi connectivity index (χ0v) is 12.2. The van der Waals surface area contributed by atoms with Gasteiger partial charge in [-0.05, 0) is 38.3 Å². The van der Waals surface area contributed by atoms with Crippen LogP contribution in [-0.4, -0.2) is 40.1 Å². The summed E-state index contributed by atoms with van der Waals surface area (Å²) in [6, 6.07) is 9.52. The summed E-state index contributed by atoms with van der Waals surface area (Å²) in [5.74, 6) is 0.00968. The maximum atomic E-state index is 12.9. The zero-order chi connectivity index (χ0) is 14.8. The van der Waals surface area contributed by atoms with Gasteiger partial charge in [0, 0.05) is 17.6 Å². The monoisotopic (exact) mass is 284 g/mol. The number of para-hydroxylation sites is 1. The van der Waals surface area contributed by atoms with Crippen LogP contribution in [0.4, 0.5) is 0 Å². The van der Waals surface area contributed by atoms with Crippen molar-refractivity contribution >= 4 is 16.8 Å². The number of aryl methyl sites for hydroxylation is 1. The molecule has 4 nitrogen and oxygen atoms in total. The van der Waals surface area contributed by atoms with Crippen LogP contribution in [-0.2, 0) is 0 Å². The first-order chi connectivity index (χ1) is 10.2. The van der Waals surface area contributed by atoms with E-state index in [0.717, 1.165) is 42.4 Å². The summed E-state index contributed by atoms with van der Waals surface area (Å²) in [5.41, 5.74) is 2.38. The number of hydrogen-bond acceptors (Lipinski definition) is 3. The first-order valence-electron chi connectivity index (χ1n) is 7.49. The topological polar surface area (TPSA) is 53.4 Å². The van der Waals surface area contributed by atoms with E-state index in [1.807, 2.05) is 42.2 Å². The minimum atomic E-state index is -0.0570. The lowest BCUT2D eigenvalue weighted by Crippen LogP contribution is -2.45. The van der Waals surface area contributed by atoms with Crippen molar-refractivity contribution < 1.29 is 9.90 Å². The van der Waals surface area contributed by atoms with Crippen LogP contribution in [0.5, 0.6) is 0 Å². The van der Waals surface area contributed by atoms with Crippen molar-refractivity contribution in [3.05, 3.63) is 41.6 Å². The molecule has 1 saturated heterocycles. The molecule has 1 fully saturated rings. The molecular weight excluding hydrogens is 264 g/mol. The van der Waals surface area contributed by atoms with Gasteiger partial charge in [-0.1, -0.05) is 18.2 Å². The van der Waals surface area contributed by atoms with Gasteiger partial charge in [0.05, 0.1) is 23.7 Å². The Morgan fingerprint density at radius 2 is 2.19 bits per heavy atom. The highest BCUT2D eigenvalue weighted by Gasteiger charge is 2.28. The number of piperidine rings is 1. The summed E-state index contributed by atoms with van der Waals surface area (Å²) in [6.07, 6.45) is 2.96. The first-order valence-corrected chi connectivity index (χ1v) is 7.49. The van der Waals surface area contributed by atoms with Gasteiger partial charge < -0.3 is 10.0 Å². The third-order valence-electron chi connectivity index (χ3n) is 4.17. The van der Waals surface area contributed by atoms with Crippen LogP contribution >= 0.6 is 0 Å². The number of nitrogens with zero attached hydrogens (tertiary/aromatic N) is 2. The van der Waals surface area contributed by atoms with Gasteiger partial charge in [-0.2, -0.15) is 0 Å². The Labute approximate surface area is 124 Å². The van der Waals surface area contributed by atoms with Gasteiger partial charge in [-0.25, -0.2) is 0 Å². The fraction of sp³-hybridized carbons (Fsp3) is 0.412. The van der Waals surface area contributed by atoms with E-state index in [2.05, 4.69) is 4.98 Å². The highest BCUT2D eigenvalue weighted by atomic mass is 16.3. The van der Waals surface area contributed by atoms with Crippen LogP contribution in [0, 0.1) is 6.92 Å². The molecule has 21 heavy (non-hydrogen) atoms. The van der Waals surface area contributed by atoms with E-state index in [1.54, 1.807) is 0 Å². The molecule has 1 unspecified atom stereocenters. The number of carbonyl (C=O) groups is 1. The quantitative estimate of drug-likeness (QED) is 0.922. The molecule has 4 heteroatoms. The molecule has 3 rings (SSSR count). The van der Waals surface area contributed by atoms with Crippen molar-refractivity contribution in [2.45, 2.75) is 32.2 Å². The van der Waals surface area contributed by atoms with Gasteiger partial charge in [0.15, 0.2) is 0 Å². The van der Waals surface area contributed by atoms with Crippen molar-refractivity contribution in [3.63, 3.8) is 0 Å². The minimum absolute atomic E-state index is 0.00968. The van der Waals surface area contributed by atoms with E-state index in [9.17, 15) is 9.90 Å². The lowest BCUT2D eigenvalue weighted by atomic mass is 10.00. The van der Waals surface area contributed by atoms with Gasteiger partial charge in [-0.3, -0.25) is 9.78 Å². The molecule has 1 aromatic carbocycles. The third kappa shape index (κ3) is 2.63. The number of fused-ring (bicyclic) bond motifs is 1. The summed E-state index contributed by atoms with van der Waals surface area (Å²) >= 11 is 0. The predicted molar refractivity (Wildman–Crippen MR) is 82.2 cm³/mol. The number of hydrogen-bond donors (Lipinski definition) is 1. The Balaban J connectivity index is 2.04. The average Bonchev–Trinajstić information content (AvgIpc) is 2.53. The molecule has 1 aliphatic heterocycles.